The summed E-state index contributed by atoms with van der Waals surface area (Å²) in [6, 6.07) is 9.32. The second kappa shape index (κ2) is 8.29. The fourth-order valence-corrected chi connectivity index (χ4v) is 2.06. The van der Waals surface area contributed by atoms with E-state index in [9.17, 15) is 14.7 Å². The molecule has 0 unspecified atom stereocenters. The molecule has 1 aliphatic rings. The van der Waals surface area contributed by atoms with E-state index in [1.807, 2.05) is 30.3 Å². The van der Waals surface area contributed by atoms with E-state index in [0.29, 0.717) is 6.54 Å². The van der Waals surface area contributed by atoms with Gasteiger partial charge in [0.2, 0.25) is 0 Å². The van der Waals surface area contributed by atoms with Crippen molar-refractivity contribution in [2.24, 2.45) is 0 Å². The van der Waals surface area contributed by atoms with Crippen molar-refractivity contribution in [1.29, 1.82) is 0 Å². The number of benzene rings is 1. The number of carbonyl (C=O) groups excluding carboxylic acids is 2. The summed E-state index contributed by atoms with van der Waals surface area (Å²) >= 11 is 0. The Bertz CT molecular complexity index is 558. The topological polar surface area (TPSA) is 76.1 Å². The third kappa shape index (κ3) is 4.39. The largest absolute Gasteiger partial charge is 0.510 e. The van der Waals surface area contributed by atoms with Gasteiger partial charge in [0.1, 0.15) is 12.4 Å². The number of methoxy groups -OCH3 is 1. The third-order valence-electron chi connectivity index (χ3n) is 3.22. The maximum atomic E-state index is 11.9. The summed E-state index contributed by atoms with van der Waals surface area (Å²) in [6.07, 6.45) is -0.270. The van der Waals surface area contributed by atoms with E-state index in [1.54, 1.807) is 0 Å². The molecule has 0 saturated carbocycles. The van der Waals surface area contributed by atoms with Gasteiger partial charge in [-0.05, 0) is 5.56 Å². The minimum Gasteiger partial charge on any atom is -0.510 e. The molecule has 1 amide bonds. The lowest BCUT2D eigenvalue weighted by Gasteiger charge is -2.26. The van der Waals surface area contributed by atoms with E-state index in [2.05, 4.69) is 4.74 Å². The van der Waals surface area contributed by atoms with Crippen LogP contribution >= 0.6 is 12.4 Å². The van der Waals surface area contributed by atoms with Crippen LogP contribution in [0.3, 0.4) is 0 Å². The Kier molecular flexibility index (Phi) is 6.72. The zero-order chi connectivity index (χ0) is 15.2. The van der Waals surface area contributed by atoms with Crippen molar-refractivity contribution < 1.29 is 24.2 Å². The van der Waals surface area contributed by atoms with Gasteiger partial charge in [-0.2, -0.15) is 0 Å². The number of aliphatic hydroxyl groups excluding tert-OH is 1. The second-order valence-electron chi connectivity index (χ2n) is 4.63. The molecule has 0 spiro atoms. The summed E-state index contributed by atoms with van der Waals surface area (Å²) in [4.78, 5) is 24.7. The molecule has 0 atom stereocenters. The highest BCUT2D eigenvalue weighted by atomic mass is 35.5. The molecule has 1 N–H and O–H groups in total. The lowest BCUT2D eigenvalue weighted by molar-refractivity contribution is -0.136. The first-order valence-electron chi connectivity index (χ1n) is 6.56. The van der Waals surface area contributed by atoms with Crippen LogP contribution in [0.5, 0.6) is 0 Å². The number of esters is 1. The Morgan fingerprint density at radius 2 is 1.95 bits per heavy atom. The third-order valence-corrected chi connectivity index (χ3v) is 3.22. The molecule has 1 aromatic carbocycles. The van der Waals surface area contributed by atoms with Crippen molar-refractivity contribution in [3.63, 3.8) is 0 Å². The van der Waals surface area contributed by atoms with Crippen LogP contribution in [0.1, 0.15) is 12.0 Å². The molecule has 0 radical (unpaired) electrons. The second-order valence-corrected chi connectivity index (χ2v) is 4.63. The first-order valence-corrected chi connectivity index (χ1v) is 6.56. The number of carbonyl (C=O) groups is 2. The van der Waals surface area contributed by atoms with Crippen molar-refractivity contribution in [2.75, 3.05) is 20.2 Å². The fraction of sp³-hybridized carbons (Fsp3) is 0.333. The monoisotopic (exact) mass is 327 g/mol. The van der Waals surface area contributed by atoms with Gasteiger partial charge >= 0.3 is 12.1 Å². The molecule has 0 fully saturated rings. The Labute approximate surface area is 134 Å². The zero-order valence-corrected chi connectivity index (χ0v) is 13.0. The Hall–Kier alpha value is -2.21. The predicted octanol–water partition coefficient (Wildman–Crippen LogP) is 2.44. The summed E-state index contributed by atoms with van der Waals surface area (Å²) in [5.74, 6) is -0.713. The summed E-state index contributed by atoms with van der Waals surface area (Å²) in [5.41, 5.74) is 1.10. The van der Waals surface area contributed by atoms with Gasteiger partial charge in [0.15, 0.2) is 0 Å². The number of rotatable bonds is 3. The van der Waals surface area contributed by atoms with Gasteiger partial charge in [0.25, 0.3) is 0 Å². The summed E-state index contributed by atoms with van der Waals surface area (Å²) in [7, 11) is 1.25. The zero-order valence-electron chi connectivity index (χ0n) is 12.2. The van der Waals surface area contributed by atoms with Crippen molar-refractivity contribution in [2.45, 2.75) is 13.0 Å². The van der Waals surface area contributed by atoms with Crippen LogP contribution in [0.4, 0.5) is 4.79 Å². The highest BCUT2D eigenvalue weighted by molar-refractivity contribution is 5.89. The average Bonchev–Trinajstić information content (AvgIpc) is 2.52. The van der Waals surface area contributed by atoms with E-state index >= 15 is 0 Å². The van der Waals surface area contributed by atoms with Gasteiger partial charge in [-0.15, -0.1) is 12.4 Å². The molecule has 1 aliphatic heterocycles. The van der Waals surface area contributed by atoms with E-state index in [0.717, 1.165) is 5.56 Å². The summed E-state index contributed by atoms with van der Waals surface area (Å²) in [6.45, 7) is 0.435. The van der Waals surface area contributed by atoms with Gasteiger partial charge in [-0.25, -0.2) is 9.59 Å². The lowest BCUT2D eigenvalue weighted by Crippen LogP contribution is -2.38. The number of nitrogens with zero attached hydrogens (tertiary/aromatic N) is 1. The Morgan fingerprint density at radius 3 is 2.55 bits per heavy atom. The first-order chi connectivity index (χ1) is 10.1. The van der Waals surface area contributed by atoms with E-state index in [4.69, 9.17) is 4.74 Å². The van der Waals surface area contributed by atoms with E-state index in [1.165, 1.54) is 12.0 Å². The first kappa shape index (κ1) is 17.8. The molecule has 6 nitrogen and oxygen atoms in total. The van der Waals surface area contributed by atoms with Crippen LogP contribution in [-0.2, 0) is 20.9 Å². The number of halogens is 1. The fourth-order valence-electron chi connectivity index (χ4n) is 2.06. The summed E-state index contributed by atoms with van der Waals surface area (Å²) < 4.78 is 9.74. The SMILES string of the molecule is COC(=O)C1=C(O)CN(C(=O)OCc2ccccc2)CC1.Cl. The smallest absolute Gasteiger partial charge is 0.410 e. The molecular formula is C15H18ClNO5. The maximum Gasteiger partial charge on any atom is 0.410 e. The Balaban J connectivity index is 0.00000242. The van der Waals surface area contributed by atoms with Crippen molar-refractivity contribution >= 4 is 24.5 Å². The van der Waals surface area contributed by atoms with Crippen molar-refractivity contribution in [1.82, 2.24) is 4.90 Å². The molecule has 0 aromatic heterocycles. The molecule has 1 aromatic rings. The van der Waals surface area contributed by atoms with Crippen LogP contribution in [0.2, 0.25) is 0 Å². The molecule has 22 heavy (non-hydrogen) atoms. The van der Waals surface area contributed by atoms with E-state index in [-0.39, 0.29) is 43.3 Å². The highest BCUT2D eigenvalue weighted by Crippen LogP contribution is 2.18. The molecule has 2 rings (SSSR count). The molecule has 1 heterocycles. The maximum absolute atomic E-state index is 11.9. The normalized spacial score (nSPS) is 14.1. The predicted molar refractivity (Wildman–Crippen MR) is 81.7 cm³/mol. The standard InChI is InChI=1S/C15H17NO5.ClH/c1-20-14(18)12-7-8-16(9-13(12)17)15(19)21-10-11-5-3-2-4-6-11;/h2-6,17H,7-10H2,1H3;1H. The van der Waals surface area contributed by atoms with Crippen LogP contribution in [0.25, 0.3) is 0 Å². The average molecular weight is 328 g/mol. The van der Waals surface area contributed by atoms with Crippen molar-refractivity contribution in [3.05, 3.63) is 47.2 Å². The molecular weight excluding hydrogens is 310 g/mol. The van der Waals surface area contributed by atoms with Crippen LogP contribution in [-0.4, -0.2) is 42.3 Å². The molecule has 7 heteroatoms. The van der Waals surface area contributed by atoms with Gasteiger partial charge < -0.3 is 19.5 Å². The number of ether oxygens (including phenoxy) is 2. The van der Waals surface area contributed by atoms with Crippen LogP contribution < -0.4 is 0 Å². The van der Waals surface area contributed by atoms with Crippen LogP contribution in [0, 0.1) is 0 Å². The lowest BCUT2D eigenvalue weighted by atomic mass is 10.1. The number of amides is 1. The quantitative estimate of drug-likeness (QED) is 0.863. The highest BCUT2D eigenvalue weighted by Gasteiger charge is 2.27. The van der Waals surface area contributed by atoms with Crippen LogP contribution in [0.15, 0.2) is 41.7 Å². The number of hydrogen-bond donors (Lipinski definition) is 1. The molecule has 0 aliphatic carbocycles. The Morgan fingerprint density at radius 1 is 1.27 bits per heavy atom. The van der Waals surface area contributed by atoms with Crippen molar-refractivity contribution in [3.8, 4) is 0 Å². The molecule has 0 bridgehead atoms. The molecule has 0 saturated heterocycles. The summed E-state index contributed by atoms with van der Waals surface area (Å²) in [5, 5.41) is 9.80. The minimum atomic E-state index is -0.565. The van der Waals surface area contributed by atoms with Gasteiger partial charge in [0, 0.05) is 13.0 Å². The number of hydrogen-bond acceptors (Lipinski definition) is 5. The number of aliphatic hydroxyl groups is 1. The van der Waals surface area contributed by atoms with Gasteiger partial charge in [0.05, 0.1) is 19.2 Å². The minimum absolute atomic E-state index is 0. The molecule has 120 valence electrons. The van der Waals surface area contributed by atoms with Gasteiger partial charge in [-0.3, -0.25) is 0 Å². The van der Waals surface area contributed by atoms with E-state index < -0.39 is 12.1 Å². The van der Waals surface area contributed by atoms with Gasteiger partial charge in [-0.1, -0.05) is 30.3 Å².